The van der Waals surface area contributed by atoms with Gasteiger partial charge in [0.05, 0.1) is 25.5 Å². The van der Waals surface area contributed by atoms with E-state index in [2.05, 4.69) is 27.4 Å². The van der Waals surface area contributed by atoms with E-state index in [1.165, 1.54) is 5.56 Å². The topological polar surface area (TPSA) is 79.6 Å². The van der Waals surface area contributed by atoms with E-state index in [0.717, 1.165) is 18.7 Å². The normalized spacial score (nSPS) is 16.9. The van der Waals surface area contributed by atoms with Gasteiger partial charge >= 0.3 is 0 Å². The SMILES string of the molecule is O=C(Nc1cc(-c2ccc(Cl)cc2)nn1CCO)C1CN(Cc2ccccc2)CCO1. The van der Waals surface area contributed by atoms with Crippen molar-refractivity contribution in [3.63, 3.8) is 0 Å². The molecule has 8 heteroatoms. The Morgan fingerprint density at radius 2 is 1.97 bits per heavy atom. The lowest BCUT2D eigenvalue weighted by molar-refractivity contribution is -0.133. The largest absolute Gasteiger partial charge is 0.394 e. The van der Waals surface area contributed by atoms with Gasteiger partial charge in [-0.1, -0.05) is 54.1 Å². The van der Waals surface area contributed by atoms with Gasteiger partial charge in [-0.05, 0) is 17.7 Å². The lowest BCUT2D eigenvalue weighted by atomic mass is 10.1. The third kappa shape index (κ3) is 5.51. The van der Waals surface area contributed by atoms with Crippen LogP contribution >= 0.6 is 11.6 Å². The summed E-state index contributed by atoms with van der Waals surface area (Å²) in [5.74, 6) is 0.298. The zero-order chi connectivity index (χ0) is 21.6. The summed E-state index contributed by atoms with van der Waals surface area (Å²) in [6, 6.07) is 19.3. The Balaban J connectivity index is 1.45. The zero-order valence-corrected chi connectivity index (χ0v) is 17.8. The number of aliphatic hydroxyl groups excluding tert-OH is 1. The van der Waals surface area contributed by atoms with Crippen LogP contribution in [0.2, 0.25) is 5.02 Å². The molecule has 2 N–H and O–H groups in total. The molecule has 1 aromatic heterocycles. The molecule has 7 nitrogen and oxygen atoms in total. The molecule has 0 radical (unpaired) electrons. The van der Waals surface area contributed by atoms with Crippen LogP contribution in [-0.4, -0.2) is 58.1 Å². The van der Waals surface area contributed by atoms with E-state index in [1.54, 1.807) is 22.9 Å². The number of anilines is 1. The Morgan fingerprint density at radius 3 is 2.71 bits per heavy atom. The summed E-state index contributed by atoms with van der Waals surface area (Å²) in [6.07, 6.45) is -0.575. The molecule has 1 fully saturated rings. The van der Waals surface area contributed by atoms with Gasteiger partial charge in [-0.15, -0.1) is 0 Å². The minimum atomic E-state index is -0.575. The van der Waals surface area contributed by atoms with Crippen molar-refractivity contribution < 1.29 is 14.6 Å². The van der Waals surface area contributed by atoms with E-state index in [1.807, 2.05) is 30.3 Å². The van der Waals surface area contributed by atoms with Crippen LogP contribution in [0.25, 0.3) is 11.3 Å². The van der Waals surface area contributed by atoms with Crippen molar-refractivity contribution in [1.29, 1.82) is 0 Å². The molecule has 0 spiro atoms. The number of hydrogen-bond acceptors (Lipinski definition) is 5. The van der Waals surface area contributed by atoms with Crippen LogP contribution in [0, 0.1) is 0 Å². The van der Waals surface area contributed by atoms with Gasteiger partial charge in [-0.3, -0.25) is 9.69 Å². The second-order valence-electron chi connectivity index (χ2n) is 7.44. The molecule has 31 heavy (non-hydrogen) atoms. The van der Waals surface area contributed by atoms with E-state index in [4.69, 9.17) is 16.3 Å². The Labute approximate surface area is 186 Å². The van der Waals surface area contributed by atoms with Crippen LogP contribution in [0.5, 0.6) is 0 Å². The van der Waals surface area contributed by atoms with Crippen molar-refractivity contribution in [3.8, 4) is 11.3 Å². The number of hydrogen-bond donors (Lipinski definition) is 2. The lowest BCUT2D eigenvalue weighted by Crippen LogP contribution is -2.47. The Kier molecular flexibility index (Phi) is 6.99. The molecule has 4 rings (SSSR count). The molecular formula is C23H25ClN4O3. The highest BCUT2D eigenvalue weighted by Crippen LogP contribution is 2.24. The minimum absolute atomic E-state index is 0.0879. The molecular weight excluding hydrogens is 416 g/mol. The maximum absolute atomic E-state index is 12.9. The minimum Gasteiger partial charge on any atom is -0.394 e. The highest BCUT2D eigenvalue weighted by Gasteiger charge is 2.27. The van der Waals surface area contributed by atoms with Crippen molar-refractivity contribution in [2.24, 2.45) is 0 Å². The van der Waals surface area contributed by atoms with Crippen molar-refractivity contribution in [3.05, 3.63) is 71.2 Å². The summed E-state index contributed by atoms with van der Waals surface area (Å²) >= 11 is 5.97. The highest BCUT2D eigenvalue weighted by molar-refractivity contribution is 6.30. The Hall–Kier alpha value is -2.71. The molecule has 1 saturated heterocycles. The van der Waals surface area contributed by atoms with Crippen LogP contribution in [0.1, 0.15) is 5.56 Å². The number of morpholine rings is 1. The average molecular weight is 441 g/mol. The molecule has 1 aliphatic rings. The maximum atomic E-state index is 12.9. The number of amides is 1. The van der Waals surface area contributed by atoms with Crippen LogP contribution < -0.4 is 5.32 Å². The van der Waals surface area contributed by atoms with Gasteiger partial charge in [-0.25, -0.2) is 4.68 Å². The van der Waals surface area contributed by atoms with Gasteiger partial charge in [0.2, 0.25) is 0 Å². The molecule has 162 valence electrons. The van der Waals surface area contributed by atoms with Crippen LogP contribution in [-0.2, 0) is 22.6 Å². The number of aliphatic hydroxyl groups is 1. The number of rotatable bonds is 7. The lowest BCUT2D eigenvalue weighted by Gasteiger charge is -2.32. The number of benzene rings is 2. The first-order valence-corrected chi connectivity index (χ1v) is 10.6. The van der Waals surface area contributed by atoms with E-state index < -0.39 is 6.10 Å². The first kappa shape index (κ1) is 21.5. The summed E-state index contributed by atoms with van der Waals surface area (Å²) in [5.41, 5.74) is 2.77. The molecule has 1 amide bonds. The van der Waals surface area contributed by atoms with E-state index in [-0.39, 0.29) is 19.1 Å². The molecule has 1 aliphatic heterocycles. The second-order valence-corrected chi connectivity index (χ2v) is 7.87. The molecule has 1 unspecified atom stereocenters. The van der Waals surface area contributed by atoms with Gasteiger partial charge in [0.25, 0.3) is 5.91 Å². The number of nitrogens with one attached hydrogen (secondary N) is 1. The van der Waals surface area contributed by atoms with Crippen LogP contribution in [0.15, 0.2) is 60.7 Å². The van der Waals surface area contributed by atoms with Crippen molar-refractivity contribution in [2.75, 3.05) is 31.6 Å². The molecule has 2 aromatic carbocycles. The summed E-state index contributed by atoms with van der Waals surface area (Å²) in [4.78, 5) is 15.1. The fourth-order valence-electron chi connectivity index (χ4n) is 3.60. The maximum Gasteiger partial charge on any atom is 0.255 e. The zero-order valence-electron chi connectivity index (χ0n) is 17.1. The first-order chi connectivity index (χ1) is 15.1. The van der Waals surface area contributed by atoms with Gasteiger partial charge < -0.3 is 15.2 Å². The van der Waals surface area contributed by atoms with Crippen molar-refractivity contribution >= 4 is 23.3 Å². The number of carbonyl (C=O) groups excluding carboxylic acids is 1. The van der Waals surface area contributed by atoms with Gasteiger partial charge in [0.1, 0.15) is 11.9 Å². The van der Waals surface area contributed by atoms with Crippen LogP contribution in [0.4, 0.5) is 5.82 Å². The van der Waals surface area contributed by atoms with E-state index in [0.29, 0.717) is 29.7 Å². The van der Waals surface area contributed by atoms with E-state index >= 15 is 0 Å². The predicted octanol–water partition coefficient (Wildman–Crippen LogP) is 3.04. The number of halogens is 1. The summed E-state index contributed by atoms with van der Waals surface area (Å²) < 4.78 is 7.33. The van der Waals surface area contributed by atoms with Crippen LogP contribution in [0.3, 0.4) is 0 Å². The fourth-order valence-corrected chi connectivity index (χ4v) is 3.72. The van der Waals surface area contributed by atoms with Crippen molar-refractivity contribution in [1.82, 2.24) is 14.7 Å². The summed E-state index contributed by atoms with van der Waals surface area (Å²) in [7, 11) is 0. The second kappa shape index (κ2) is 10.1. The first-order valence-electron chi connectivity index (χ1n) is 10.3. The van der Waals surface area contributed by atoms with Gasteiger partial charge in [0.15, 0.2) is 0 Å². The smallest absolute Gasteiger partial charge is 0.255 e. The molecule has 0 bridgehead atoms. The predicted molar refractivity (Wildman–Crippen MR) is 120 cm³/mol. The third-order valence-electron chi connectivity index (χ3n) is 5.18. The summed E-state index contributed by atoms with van der Waals surface area (Å²) in [6.45, 7) is 2.75. The molecule has 2 heterocycles. The molecule has 0 saturated carbocycles. The number of nitrogens with zero attached hydrogens (tertiary/aromatic N) is 3. The monoisotopic (exact) mass is 440 g/mol. The summed E-state index contributed by atoms with van der Waals surface area (Å²) in [5, 5.41) is 17.5. The Bertz CT molecular complexity index is 1010. The fraction of sp³-hybridized carbons (Fsp3) is 0.304. The van der Waals surface area contributed by atoms with Crippen molar-refractivity contribution in [2.45, 2.75) is 19.2 Å². The third-order valence-corrected chi connectivity index (χ3v) is 5.43. The molecule has 3 aromatic rings. The Morgan fingerprint density at radius 1 is 1.19 bits per heavy atom. The number of ether oxygens (including phenoxy) is 1. The highest BCUT2D eigenvalue weighted by atomic mass is 35.5. The average Bonchev–Trinajstić information content (AvgIpc) is 3.17. The number of carbonyl (C=O) groups is 1. The van der Waals surface area contributed by atoms with Gasteiger partial charge in [0, 0.05) is 36.3 Å². The van der Waals surface area contributed by atoms with Gasteiger partial charge in [-0.2, -0.15) is 5.10 Å². The number of aromatic nitrogens is 2. The quantitative estimate of drug-likeness (QED) is 0.590. The molecule has 0 aliphatic carbocycles. The standard InChI is InChI=1S/C23H25ClN4O3/c24-19-8-6-18(7-9-19)20-14-22(28(26-20)10-12-29)25-23(30)21-16-27(11-13-31-21)15-17-4-2-1-3-5-17/h1-9,14,21,29H,10-13,15-16H2,(H,25,30). The van der Waals surface area contributed by atoms with E-state index in [9.17, 15) is 9.90 Å². The molecule has 1 atom stereocenters.